The molecule has 0 aliphatic carbocycles. The third-order valence-corrected chi connectivity index (χ3v) is 2.21. The van der Waals surface area contributed by atoms with Gasteiger partial charge < -0.3 is 10.4 Å². The van der Waals surface area contributed by atoms with Crippen molar-refractivity contribution in [2.24, 2.45) is 0 Å². The summed E-state index contributed by atoms with van der Waals surface area (Å²) in [5.74, 6) is 5.40. The number of rotatable bonds is 0. The fraction of sp³-hybridized carbons (Fsp3) is 0.444. The van der Waals surface area contributed by atoms with Crippen molar-refractivity contribution in [2.75, 3.05) is 5.84 Å². The molecule has 0 saturated carbocycles. The van der Waals surface area contributed by atoms with Gasteiger partial charge in [0.25, 0.3) is 5.56 Å². The van der Waals surface area contributed by atoms with Crippen LogP contribution in [0.1, 0.15) is 20.8 Å². The van der Waals surface area contributed by atoms with Crippen LogP contribution in [-0.4, -0.2) is 19.2 Å². The van der Waals surface area contributed by atoms with E-state index in [1.54, 1.807) is 6.33 Å². The van der Waals surface area contributed by atoms with E-state index in [2.05, 4.69) is 9.97 Å². The van der Waals surface area contributed by atoms with E-state index < -0.39 is 0 Å². The smallest absolute Gasteiger partial charge is 0.299 e. The number of hydrogen-bond acceptors (Lipinski definition) is 4. The van der Waals surface area contributed by atoms with Gasteiger partial charge in [-0.3, -0.25) is 4.79 Å². The largest absolute Gasteiger partial charge is 0.335 e. The van der Waals surface area contributed by atoms with Crippen molar-refractivity contribution in [1.29, 1.82) is 0 Å². The van der Waals surface area contributed by atoms with Crippen LogP contribution in [0.25, 0.3) is 11.2 Å². The molecule has 2 heterocycles. The maximum Gasteiger partial charge on any atom is 0.299 e. The Balaban J connectivity index is 2.84. The van der Waals surface area contributed by atoms with Gasteiger partial charge in [0.15, 0.2) is 11.2 Å². The molecule has 0 amide bonds. The maximum atomic E-state index is 11.6. The molecule has 2 N–H and O–H groups in total. The van der Waals surface area contributed by atoms with E-state index in [1.165, 1.54) is 6.33 Å². The Kier molecular flexibility index (Phi) is 1.82. The number of fused-ring (bicyclic) bond motifs is 1. The molecule has 0 saturated heterocycles. The van der Waals surface area contributed by atoms with Gasteiger partial charge in [-0.25, -0.2) is 14.6 Å². The van der Waals surface area contributed by atoms with E-state index in [9.17, 15) is 4.79 Å². The lowest BCUT2D eigenvalue weighted by Crippen LogP contribution is -2.28. The molecule has 15 heavy (non-hydrogen) atoms. The van der Waals surface area contributed by atoms with E-state index in [4.69, 9.17) is 5.84 Å². The van der Waals surface area contributed by atoms with Gasteiger partial charge in [0.2, 0.25) is 0 Å². The first-order valence-corrected chi connectivity index (χ1v) is 4.61. The molecule has 2 aromatic heterocycles. The quantitative estimate of drug-likeness (QED) is 0.620. The lowest BCUT2D eigenvalue weighted by atomic mass is 10.1. The molecular formula is C9H13N5O. The first-order valence-electron chi connectivity index (χ1n) is 4.61. The zero-order valence-corrected chi connectivity index (χ0v) is 8.93. The molecule has 0 bridgehead atoms. The number of imidazole rings is 1. The lowest BCUT2D eigenvalue weighted by molar-refractivity contribution is 0.406. The van der Waals surface area contributed by atoms with Crippen LogP contribution >= 0.6 is 0 Å². The molecule has 0 radical (unpaired) electrons. The molecule has 0 atom stereocenters. The Hall–Kier alpha value is -1.85. The fourth-order valence-corrected chi connectivity index (χ4v) is 1.40. The minimum atomic E-state index is -0.331. The Labute approximate surface area is 86.3 Å². The first-order chi connectivity index (χ1) is 6.91. The zero-order valence-electron chi connectivity index (χ0n) is 8.93. The number of hydrogen-bond donors (Lipinski definition) is 1. The summed E-state index contributed by atoms with van der Waals surface area (Å²) in [7, 11) is 0. The van der Waals surface area contributed by atoms with Gasteiger partial charge in [0.1, 0.15) is 6.33 Å². The molecule has 6 heteroatoms. The van der Waals surface area contributed by atoms with E-state index >= 15 is 0 Å². The van der Waals surface area contributed by atoms with Gasteiger partial charge >= 0.3 is 0 Å². The summed E-state index contributed by atoms with van der Waals surface area (Å²) in [6.07, 6.45) is 2.91. The second kappa shape index (κ2) is 2.82. The predicted molar refractivity (Wildman–Crippen MR) is 56.9 cm³/mol. The molecule has 2 rings (SSSR count). The first kappa shape index (κ1) is 9.70. The van der Waals surface area contributed by atoms with Crippen molar-refractivity contribution in [1.82, 2.24) is 19.2 Å². The highest BCUT2D eigenvalue weighted by Gasteiger charge is 2.18. The highest BCUT2D eigenvalue weighted by molar-refractivity contribution is 5.69. The molecular weight excluding hydrogens is 194 g/mol. The molecule has 0 aliphatic rings. The van der Waals surface area contributed by atoms with E-state index in [0.29, 0.717) is 11.2 Å². The van der Waals surface area contributed by atoms with Crippen LogP contribution in [0, 0.1) is 0 Å². The van der Waals surface area contributed by atoms with Gasteiger partial charge in [-0.1, -0.05) is 0 Å². The summed E-state index contributed by atoms with van der Waals surface area (Å²) < 4.78 is 2.78. The minimum Gasteiger partial charge on any atom is -0.335 e. The summed E-state index contributed by atoms with van der Waals surface area (Å²) in [5, 5.41) is 0. The van der Waals surface area contributed by atoms with Gasteiger partial charge in [-0.2, -0.15) is 0 Å². The highest BCUT2D eigenvalue weighted by atomic mass is 16.1. The molecule has 0 spiro atoms. The van der Waals surface area contributed by atoms with Crippen molar-refractivity contribution in [2.45, 2.75) is 26.3 Å². The third-order valence-electron chi connectivity index (χ3n) is 2.21. The highest BCUT2D eigenvalue weighted by Crippen LogP contribution is 2.17. The van der Waals surface area contributed by atoms with Gasteiger partial charge in [0, 0.05) is 5.54 Å². The van der Waals surface area contributed by atoms with Crippen LogP contribution in [0.2, 0.25) is 0 Å². The molecule has 6 nitrogen and oxygen atoms in total. The predicted octanol–water partition coefficient (Wildman–Crippen LogP) is 0.0618. The molecule has 0 aromatic carbocycles. The summed E-state index contributed by atoms with van der Waals surface area (Å²) in [5.41, 5.74) is 0.377. The second-order valence-corrected chi connectivity index (χ2v) is 4.41. The zero-order chi connectivity index (χ0) is 11.2. The van der Waals surface area contributed by atoms with Gasteiger partial charge in [-0.05, 0) is 20.8 Å². The summed E-state index contributed by atoms with van der Waals surface area (Å²) in [4.78, 5) is 19.7. The van der Waals surface area contributed by atoms with Crippen molar-refractivity contribution in [3.63, 3.8) is 0 Å². The minimum absolute atomic E-state index is 0.158. The van der Waals surface area contributed by atoms with Crippen molar-refractivity contribution >= 4 is 11.2 Å². The van der Waals surface area contributed by atoms with Crippen molar-refractivity contribution < 1.29 is 0 Å². The van der Waals surface area contributed by atoms with Crippen molar-refractivity contribution in [3.8, 4) is 0 Å². The number of nitrogen functional groups attached to an aromatic ring is 1. The molecule has 80 valence electrons. The van der Waals surface area contributed by atoms with Crippen LogP contribution in [-0.2, 0) is 5.54 Å². The average molecular weight is 207 g/mol. The summed E-state index contributed by atoms with van der Waals surface area (Å²) in [6, 6.07) is 0. The monoisotopic (exact) mass is 207 g/mol. The van der Waals surface area contributed by atoms with Gasteiger partial charge in [-0.15, -0.1) is 0 Å². The standard InChI is InChI=1S/C9H13N5O/c1-9(2,3)13-4-11-6-7(13)12-5-14(10)8(6)15/h4-5H,10H2,1-3H3. The Morgan fingerprint density at radius 3 is 2.53 bits per heavy atom. The number of aromatic nitrogens is 4. The number of nitrogens with two attached hydrogens (primary N) is 1. The van der Waals surface area contributed by atoms with Crippen LogP contribution < -0.4 is 11.4 Å². The van der Waals surface area contributed by atoms with E-state index in [0.717, 1.165) is 4.68 Å². The average Bonchev–Trinajstić information content (AvgIpc) is 2.54. The summed E-state index contributed by atoms with van der Waals surface area (Å²) in [6.45, 7) is 6.05. The Morgan fingerprint density at radius 2 is 1.93 bits per heavy atom. The summed E-state index contributed by atoms with van der Waals surface area (Å²) >= 11 is 0. The topological polar surface area (TPSA) is 78.7 Å². The third kappa shape index (κ3) is 1.38. The Bertz CT molecular complexity index is 560. The maximum absolute atomic E-state index is 11.6. The molecule has 2 aromatic rings. The fourth-order valence-electron chi connectivity index (χ4n) is 1.40. The van der Waals surface area contributed by atoms with Crippen LogP contribution in [0.5, 0.6) is 0 Å². The number of nitrogens with zero attached hydrogens (tertiary/aromatic N) is 4. The van der Waals surface area contributed by atoms with Gasteiger partial charge in [0.05, 0.1) is 6.33 Å². The van der Waals surface area contributed by atoms with Crippen LogP contribution in [0.4, 0.5) is 0 Å². The molecule has 0 aliphatic heterocycles. The second-order valence-electron chi connectivity index (χ2n) is 4.41. The molecule has 0 fully saturated rings. The normalized spacial score (nSPS) is 12.2. The van der Waals surface area contributed by atoms with E-state index in [1.807, 2.05) is 25.3 Å². The van der Waals surface area contributed by atoms with E-state index in [-0.39, 0.29) is 11.1 Å². The van der Waals surface area contributed by atoms with Crippen molar-refractivity contribution in [3.05, 3.63) is 23.0 Å². The Morgan fingerprint density at radius 1 is 1.27 bits per heavy atom. The lowest BCUT2D eigenvalue weighted by Gasteiger charge is -2.20. The molecule has 0 unspecified atom stereocenters. The SMILES string of the molecule is CC(C)(C)n1cnc2c(=O)n(N)cnc21. The van der Waals surface area contributed by atoms with Crippen LogP contribution in [0.15, 0.2) is 17.4 Å². The van der Waals surface area contributed by atoms with Crippen LogP contribution in [0.3, 0.4) is 0 Å².